The van der Waals surface area contributed by atoms with E-state index in [1.165, 1.54) is 6.92 Å². The first-order chi connectivity index (χ1) is 6.52. The highest BCUT2D eigenvalue weighted by molar-refractivity contribution is 5.85. The summed E-state index contributed by atoms with van der Waals surface area (Å²) in [5, 5.41) is 14.2. The van der Waals surface area contributed by atoms with E-state index in [9.17, 15) is 9.59 Å². The van der Waals surface area contributed by atoms with E-state index in [4.69, 9.17) is 5.11 Å². The minimum atomic E-state index is -1.00. The summed E-state index contributed by atoms with van der Waals surface area (Å²) >= 11 is 0. The zero-order chi connectivity index (χ0) is 10.7. The fourth-order valence-electron chi connectivity index (χ4n) is 1.54. The maximum Gasteiger partial charge on any atom is 0.325 e. The highest BCUT2D eigenvalue weighted by atomic mass is 16.4. The van der Waals surface area contributed by atoms with Gasteiger partial charge in [0.15, 0.2) is 0 Å². The van der Waals surface area contributed by atoms with Crippen LogP contribution < -0.4 is 10.6 Å². The molecule has 80 valence electrons. The molecule has 1 amide bonds. The standard InChI is InChI=1S/C9H16N2O3/c1-5-3-10-4-7(5)8(12)11-6(2)9(13)14/h5-7,10H,3-4H2,1-2H3,(H,11,12)(H,13,14)/t5?,6-,7?/m0/s1. The second kappa shape index (κ2) is 4.41. The Balaban J connectivity index is 2.45. The number of carbonyl (C=O) groups excluding carboxylic acids is 1. The SMILES string of the molecule is CC1CNCC1C(=O)N[C@@H](C)C(=O)O. The number of hydrogen-bond acceptors (Lipinski definition) is 3. The van der Waals surface area contributed by atoms with Crippen molar-refractivity contribution in [2.45, 2.75) is 19.9 Å². The second-order valence-electron chi connectivity index (χ2n) is 3.81. The maximum absolute atomic E-state index is 11.6. The molecule has 1 saturated heterocycles. The number of carboxylic acid groups (broad SMARTS) is 1. The lowest BCUT2D eigenvalue weighted by Gasteiger charge is -2.16. The van der Waals surface area contributed by atoms with Gasteiger partial charge in [-0.25, -0.2) is 0 Å². The number of carbonyl (C=O) groups is 2. The Kier molecular flexibility index (Phi) is 3.46. The summed E-state index contributed by atoms with van der Waals surface area (Å²) in [6.07, 6.45) is 0. The molecule has 14 heavy (non-hydrogen) atoms. The van der Waals surface area contributed by atoms with E-state index < -0.39 is 12.0 Å². The normalized spacial score (nSPS) is 28.4. The van der Waals surface area contributed by atoms with Gasteiger partial charge < -0.3 is 15.7 Å². The first-order valence-corrected chi connectivity index (χ1v) is 4.76. The van der Waals surface area contributed by atoms with Crippen molar-refractivity contribution in [1.82, 2.24) is 10.6 Å². The summed E-state index contributed by atoms with van der Waals surface area (Å²) in [4.78, 5) is 22.1. The number of hydrogen-bond donors (Lipinski definition) is 3. The van der Waals surface area contributed by atoms with Gasteiger partial charge in [-0.05, 0) is 19.4 Å². The molecule has 0 aromatic rings. The summed E-state index contributed by atoms with van der Waals surface area (Å²) in [6.45, 7) is 4.90. The van der Waals surface area contributed by atoms with E-state index in [2.05, 4.69) is 10.6 Å². The van der Waals surface area contributed by atoms with Crippen LogP contribution in [0.25, 0.3) is 0 Å². The molecule has 5 heteroatoms. The van der Waals surface area contributed by atoms with Gasteiger partial charge in [0.05, 0.1) is 5.92 Å². The summed E-state index contributed by atoms with van der Waals surface area (Å²) in [5.74, 6) is -0.998. The number of amides is 1. The minimum absolute atomic E-state index is 0.100. The monoisotopic (exact) mass is 200 g/mol. The molecule has 0 aliphatic carbocycles. The summed E-state index contributed by atoms with van der Waals surface area (Å²) in [7, 11) is 0. The molecule has 0 radical (unpaired) electrons. The van der Waals surface area contributed by atoms with Crippen molar-refractivity contribution in [2.24, 2.45) is 11.8 Å². The molecule has 1 rings (SSSR count). The molecule has 1 aliphatic heterocycles. The van der Waals surface area contributed by atoms with Crippen molar-refractivity contribution in [3.05, 3.63) is 0 Å². The van der Waals surface area contributed by atoms with Crippen LogP contribution in [0.4, 0.5) is 0 Å². The maximum atomic E-state index is 11.6. The van der Waals surface area contributed by atoms with Crippen LogP contribution in [0, 0.1) is 11.8 Å². The second-order valence-corrected chi connectivity index (χ2v) is 3.81. The highest BCUT2D eigenvalue weighted by Crippen LogP contribution is 2.15. The first kappa shape index (κ1) is 11.0. The predicted molar refractivity (Wildman–Crippen MR) is 50.8 cm³/mol. The minimum Gasteiger partial charge on any atom is -0.480 e. The third-order valence-corrected chi connectivity index (χ3v) is 2.58. The number of aliphatic carboxylic acids is 1. The quantitative estimate of drug-likeness (QED) is 0.570. The van der Waals surface area contributed by atoms with Crippen molar-refractivity contribution in [3.63, 3.8) is 0 Å². The van der Waals surface area contributed by atoms with Crippen LogP contribution in [0.15, 0.2) is 0 Å². The van der Waals surface area contributed by atoms with Crippen LogP contribution in [0.2, 0.25) is 0 Å². The average Bonchev–Trinajstić information content (AvgIpc) is 2.51. The van der Waals surface area contributed by atoms with Gasteiger partial charge in [0.2, 0.25) is 5.91 Å². The lowest BCUT2D eigenvalue weighted by molar-refractivity contribution is -0.142. The van der Waals surface area contributed by atoms with Gasteiger partial charge in [-0.15, -0.1) is 0 Å². The Morgan fingerprint density at radius 3 is 2.57 bits per heavy atom. The molecule has 3 atom stereocenters. The highest BCUT2D eigenvalue weighted by Gasteiger charge is 2.30. The van der Waals surface area contributed by atoms with Crippen LogP contribution in [-0.2, 0) is 9.59 Å². The molecule has 1 aliphatic rings. The van der Waals surface area contributed by atoms with Crippen molar-refractivity contribution < 1.29 is 14.7 Å². The van der Waals surface area contributed by atoms with Crippen LogP contribution >= 0.6 is 0 Å². The van der Waals surface area contributed by atoms with E-state index in [-0.39, 0.29) is 17.7 Å². The molecule has 1 fully saturated rings. The predicted octanol–water partition coefficient (Wildman–Crippen LogP) is -0.569. The van der Waals surface area contributed by atoms with Crippen molar-refractivity contribution in [2.75, 3.05) is 13.1 Å². The fourth-order valence-corrected chi connectivity index (χ4v) is 1.54. The lowest BCUT2D eigenvalue weighted by Crippen LogP contribution is -2.43. The van der Waals surface area contributed by atoms with Crippen LogP contribution in [-0.4, -0.2) is 36.1 Å². The summed E-state index contributed by atoms with van der Waals surface area (Å²) in [5.41, 5.74) is 0. The van der Waals surface area contributed by atoms with Gasteiger partial charge >= 0.3 is 5.97 Å². The molecular formula is C9H16N2O3. The number of rotatable bonds is 3. The Labute approximate surface area is 82.9 Å². The summed E-state index contributed by atoms with van der Waals surface area (Å²) in [6, 6.07) is -0.810. The number of nitrogens with one attached hydrogen (secondary N) is 2. The topological polar surface area (TPSA) is 78.4 Å². The third-order valence-electron chi connectivity index (χ3n) is 2.58. The molecule has 0 aromatic carbocycles. The van der Waals surface area contributed by atoms with Crippen molar-refractivity contribution in [3.8, 4) is 0 Å². The van der Waals surface area contributed by atoms with E-state index >= 15 is 0 Å². The zero-order valence-corrected chi connectivity index (χ0v) is 8.41. The number of carboxylic acids is 1. The van der Waals surface area contributed by atoms with E-state index in [0.29, 0.717) is 6.54 Å². The van der Waals surface area contributed by atoms with Crippen LogP contribution in [0.1, 0.15) is 13.8 Å². The first-order valence-electron chi connectivity index (χ1n) is 4.76. The molecule has 3 N–H and O–H groups in total. The van der Waals surface area contributed by atoms with E-state index in [0.717, 1.165) is 6.54 Å². The molecule has 5 nitrogen and oxygen atoms in total. The molecule has 0 saturated carbocycles. The zero-order valence-electron chi connectivity index (χ0n) is 8.41. The van der Waals surface area contributed by atoms with Crippen LogP contribution in [0.3, 0.4) is 0 Å². The molecule has 0 spiro atoms. The van der Waals surface area contributed by atoms with Gasteiger partial charge in [0.1, 0.15) is 6.04 Å². The van der Waals surface area contributed by atoms with Gasteiger partial charge in [0, 0.05) is 6.54 Å². The van der Waals surface area contributed by atoms with Crippen molar-refractivity contribution in [1.29, 1.82) is 0 Å². The van der Waals surface area contributed by atoms with Crippen molar-refractivity contribution >= 4 is 11.9 Å². The van der Waals surface area contributed by atoms with Gasteiger partial charge in [0.25, 0.3) is 0 Å². The third kappa shape index (κ3) is 2.45. The molecule has 1 heterocycles. The Morgan fingerprint density at radius 2 is 2.14 bits per heavy atom. The Morgan fingerprint density at radius 1 is 1.50 bits per heavy atom. The van der Waals surface area contributed by atoms with E-state index in [1.54, 1.807) is 0 Å². The molecular weight excluding hydrogens is 184 g/mol. The van der Waals surface area contributed by atoms with E-state index in [1.807, 2.05) is 6.92 Å². The largest absolute Gasteiger partial charge is 0.480 e. The summed E-state index contributed by atoms with van der Waals surface area (Å²) < 4.78 is 0. The van der Waals surface area contributed by atoms with Gasteiger partial charge in [-0.2, -0.15) is 0 Å². The van der Waals surface area contributed by atoms with Crippen LogP contribution in [0.5, 0.6) is 0 Å². The van der Waals surface area contributed by atoms with Gasteiger partial charge in [-0.1, -0.05) is 6.92 Å². The fraction of sp³-hybridized carbons (Fsp3) is 0.778. The lowest BCUT2D eigenvalue weighted by atomic mass is 9.97. The molecule has 2 unspecified atom stereocenters. The Hall–Kier alpha value is -1.10. The Bertz CT molecular complexity index is 242. The molecule has 0 aromatic heterocycles. The average molecular weight is 200 g/mol. The van der Waals surface area contributed by atoms with Gasteiger partial charge in [-0.3, -0.25) is 9.59 Å². The molecule has 0 bridgehead atoms. The smallest absolute Gasteiger partial charge is 0.325 e.